The van der Waals surface area contributed by atoms with Crippen molar-refractivity contribution in [3.05, 3.63) is 53.6 Å². The van der Waals surface area contributed by atoms with E-state index >= 15 is 0 Å². The highest BCUT2D eigenvalue weighted by molar-refractivity contribution is 7.91. The number of nitrogens with zero attached hydrogens (tertiary/aromatic N) is 3. The molecule has 0 N–H and O–H groups in total. The van der Waals surface area contributed by atoms with Gasteiger partial charge in [0.25, 0.3) is 0 Å². The number of carbonyl (C=O) groups is 1. The molecule has 35 heavy (non-hydrogen) atoms. The van der Waals surface area contributed by atoms with Crippen molar-refractivity contribution in [2.45, 2.75) is 24.7 Å². The molecular weight excluding hydrogens is 496 g/mol. The first-order valence-corrected chi connectivity index (χ1v) is 13.9. The van der Waals surface area contributed by atoms with Crippen LogP contribution in [-0.2, 0) is 19.4 Å². The maximum atomic E-state index is 14.2. The molecule has 11 heteroatoms. The number of halogens is 2. The third kappa shape index (κ3) is 6.40. The Kier molecular flexibility index (Phi) is 8.10. The van der Waals surface area contributed by atoms with E-state index in [2.05, 4.69) is 9.88 Å². The SMILES string of the molecule is Cc1ccc(S(=O)(=O)CCC(=O)N(CCCN2CCOCC2)c2nc3c(F)cc(F)cc3s2)cc1. The van der Waals surface area contributed by atoms with Gasteiger partial charge in [-0.15, -0.1) is 0 Å². The normalized spacial score (nSPS) is 14.9. The number of aromatic nitrogens is 1. The lowest BCUT2D eigenvalue weighted by molar-refractivity contribution is -0.118. The molecule has 0 radical (unpaired) electrons. The van der Waals surface area contributed by atoms with Crippen LogP contribution in [0.2, 0.25) is 0 Å². The van der Waals surface area contributed by atoms with E-state index in [4.69, 9.17) is 4.74 Å². The number of anilines is 1. The van der Waals surface area contributed by atoms with E-state index < -0.39 is 27.4 Å². The van der Waals surface area contributed by atoms with Crippen LogP contribution >= 0.6 is 11.3 Å². The zero-order valence-corrected chi connectivity index (χ0v) is 21.0. The van der Waals surface area contributed by atoms with Gasteiger partial charge in [-0.2, -0.15) is 0 Å². The van der Waals surface area contributed by atoms with Gasteiger partial charge >= 0.3 is 0 Å². The van der Waals surface area contributed by atoms with Gasteiger partial charge in [-0.05, 0) is 31.5 Å². The first-order valence-electron chi connectivity index (χ1n) is 11.4. The first kappa shape index (κ1) is 25.6. The molecule has 0 bridgehead atoms. The van der Waals surface area contributed by atoms with Crippen molar-refractivity contribution in [1.29, 1.82) is 0 Å². The minimum absolute atomic E-state index is 0.00958. The predicted octanol–water partition coefficient (Wildman–Crippen LogP) is 3.80. The Labute approximate surface area is 207 Å². The van der Waals surface area contributed by atoms with Crippen molar-refractivity contribution in [3.63, 3.8) is 0 Å². The number of amides is 1. The lowest BCUT2D eigenvalue weighted by Gasteiger charge is -2.27. The summed E-state index contributed by atoms with van der Waals surface area (Å²) in [5.74, 6) is -2.31. The van der Waals surface area contributed by atoms with Crippen LogP contribution in [0.25, 0.3) is 10.2 Å². The molecule has 1 fully saturated rings. The van der Waals surface area contributed by atoms with Crippen molar-refractivity contribution >= 4 is 42.4 Å². The molecule has 0 aliphatic carbocycles. The molecule has 0 spiro atoms. The van der Waals surface area contributed by atoms with Crippen LogP contribution in [0.3, 0.4) is 0 Å². The number of rotatable bonds is 9. The van der Waals surface area contributed by atoms with Gasteiger partial charge in [-0.3, -0.25) is 14.6 Å². The molecule has 1 aliphatic rings. The number of morpholine rings is 1. The Hall–Kier alpha value is -2.47. The van der Waals surface area contributed by atoms with Crippen LogP contribution < -0.4 is 4.90 Å². The van der Waals surface area contributed by atoms with E-state index in [1.807, 2.05) is 6.92 Å². The number of sulfone groups is 1. The van der Waals surface area contributed by atoms with E-state index in [9.17, 15) is 22.0 Å². The van der Waals surface area contributed by atoms with E-state index in [0.717, 1.165) is 42.6 Å². The number of benzene rings is 2. The third-order valence-corrected chi connectivity index (χ3v) is 8.62. The Bertz CT molecular complexity index is 1290. The summed E-state index contributed by atoms with van der Waals surface area (Å²) in [6, 6.07) is 8.41. The maximum Gasteiger partial charge on any atom is 0.229 e. The number of aryl methyl sites for hydroxylation is 1. The average molecular weight is 524 g/mol. The van der Waals surface area contributed by atoms with Crippen LogP contribution in [0.15, 0.2) is 41.3 Å². The lowest BCUT2D eigenvalue weighted by atomic mass is 10.2. The Morgan fingerprint density at radius 1 is 1.17 bits per heavy atom. The van der Waals surface area contributed by atoms with E-state index in [0.29, 0.717) is 19.6 Å². The molecule has 1 aliphatic heterocycles. The highest BCUT2D eigenvalue weighted by Gasteiger charge is 2.24. The molecule has 4 rings (SSSR count). The van der Waals surface area contributed by atoms with Crippen molar-refractivity contribution in [2.24, 2.45) is 0 Å². The van der Waals surface area contributed by atoms with Crippen LogP contribution in [0.5, 0.6) is 0 Å². The molecule has 1 aromatic heterocycles. The van der Waals surface area contributed by atoms with Gasteiger partial charge in [0.2, 0.25) is 5.91 Å². The smallest absolute Gasteiger partial charge is 0.229 e. The molecule has 0 saturated carbocycles. The number of hydrogen-bond donors (Lipinski definition) is 0. The quantitative estimate of drug-likeness (QED) is 0.425. The molecule has 2 aromatic carbocycles. The summed E-state index contributed by atoms with van der Waals surface area (Å²) in [6.07, 6.45) is 0.365. The molecule has 0 atom stereocenters. The second-order valence-corrected chi connectivity index (χ2v) is 11.6. The summed E-state index contributed by atoms with van der Waals surface area (Å²) < 4.78 is 59.1. The standard InChI is InChI=1S/C24H27F2N3O4S2/c1-17-3-5-19(6-4-17)35(31,32)14-7-22(30)29(9-2-8-28-10-12-33-13-11-28)24-27-23-20(26)15-18(25)16-21(23)34-24/h3-6,15-16H,2,7-14H2,1H3. The zero-order chi connectivity index (χ0) is 25.0. The Morgan fingerprint density at radius 3 is 2.60 bits per heavy atom. The number of hydrogen-bond acceptors (Lipinski definition) is 7. The Balaban J connectivity index is 1.51. The summed E-state index contributed by atoms with van der Waals surface area (Å²) >= 11 is 1.01. The summed E-state index contributed by atoms with van der Waals surface area (Å²) in [5, 5.41) is 0.226. The molecule has 7 nitrogen and oxygen atoms in total. The molecule has 0 unspecified atom stereocenters. The topological polar surface area (TPSA) is 79.8 Å². The van der Waals surface area contributed by atoms with Crippen molar-refractivity contribution in [1.82, 2.24) is 9.88 Å². The summed E-state index contributed by atoms with van der Waals surface area (Å²) in [7, 11) is -3.66. The van der Waals surface area contributed by atoms with Crippen LogP contribution in [0.1, 0.15) is 18.4 Å². The van der Waals surface area contributed by atoms with E-state index in [1.165, 1.54) is 23.1 Å². The van der Waals surface area contributed by atoms with E-state index in [1.54, 1.807) is 12.1 Å². The zero-order valence-electron chi connectivity index (χ0n) is 19.4. The van der Waals surface area contributed by atoms with Gasteiger partial charge in [-0.25, -0.2) is 22.2 Å². The number of thiazole rings is 1. The Morgan fingerprint density at radius 2 is 1.89 bits per heavy atom. The fraction of sp³-hybridized carbons (Fsp3) is 0.417. The summed E-state index contributed by atoms with van der Waals surface area (Å²) in [5.41, 5.74) is 0.927. The van der Waals surface area contributed by atoms with Gasteiger partial charge in [-0.1, -0.05) is 29.0 Å². The largest absolute Gasteiger partial charge is 0.379 e. The number of ether oxygens (including phenoxy) is 1. The van der Waals surface area contributed by atoms with Crippen molar-refractivity contribution in [3.8, 4) is 0 Å². The fourth-order valence-electron chi connectivity index (χ4n) is 3.89. The third-order valence-electron chi connectivity index (χ3n) is 5.86. The fourth-order valence-corrected chi connectivity index (χ4v) is 6.16. The highest BCUT2D eigenvalue weighted by Crippen LogP contribution is 2.32. The second kappa shape index (κ2) is 11.1. The minimum atomic E-state index is -3.66. The van der Waals surface area contributed by atoms with Crippen LogP contribution in [0, 0.1) is 18.6 Å². The molecule has 1 amide bonds. The summed E-state index contributed by atoms with van der Waals surface area (Å²) in [6.45, 7) is 5.78. The van der Waals surface area contributed by atoms with Gasteiger partial charge in [0, 0.05) is 38.7 Å². The first-order chi connectivity index (χ1) is 16.7. The van der Waals surface area contributed by atoms with Gasteiger partial charge in [0.1, 0.15) is 11.3 Å². The van der Waals surface area contributed by atoms with Crippen LogP contribution in [0.4, 0.5) is 13.9 Å². The highest BCUT2D eigenvalue weighted by atomic mass is 32.2. The van der Waals surface area contributed by atoms with Crippen molar-refractivity contribution < 1.29 is 26.7 Å². The van der Waals surface area contributed by atoms with Crippen molar-refractivity contribution in [2.75, 3.05) is 50.0 Å². The maximum absolute atomic E-state index is 14.2. The monoisotopic (exact) mass is 523 g/mol. The molecule has 188 valence electrons. The lowest BCUT2D eigenvalue weighted by Crippen LogP contribution is -2.39. The van der Waals surface area contributed by atoms with E-state index in [-0.39, 0.29) is 39.0 Å². The van der Waals surface area contributed by atoms with Gasteiger partial charge in [0.15, 0.2) is 20.8 Å². The van der Waals surface area contributed by atoms with Gasteiger partial charge in [0.05, 0.1) is 28.6 Å². The average Bonchev–Trinajstić information content (AvgIpc) is 3.25. The second-order valence-electron chi connectivity index (χ2n) is 8.47. The molecule has 2 heterocycles. The summed E-state index contributed by atoms with van der Waals surface area (Å²) in [4.78, 5) is 21.2. The van der Waals surface area contributed by atoms with Gasteiger partial charge < -0.3 is 4.74 Å². The molecule has 1 saturated heterocycles. The number of fused-ring (bicyclic) bond motifs is 1. The van der Waals surface area contributed by atoms with Crippen LogP contribution in [-0.4, -0.2) is 69.4 Å². The predicted molar refractivity (Wildman–Crippen MR) is 132 cm³/mol. The molecule has 3 aromatic rings. The minimum Gasteiger partial charge on any atom is -0.379 e. The number of carbonyl (C=O) groups excluding carboxylic acids is 1. The molecular formula is C24H27F2N3O4S2.